The number of aromatic amines is 1. The zero-order valence-corrected chi connectivity index (χ0v) is 17.0. The van der Waals surface area contributed by atoms with Crippen molar-refractivity contribution in [1.29, 1.82) is 0 Å². The van der Waals surface area contributed by atoms with Crippen LogP contribution in [-0.4, -0.2) is 33.1 Å². The van der Waals surface area contributed by atoms with E-state index in [2.05, 4.69) is 10.2 Å². The number of fused-ring (bicyclic) bond motifs is 1. The molecule has 1 N–H and O–H groups in total. The Labute approximate surface area is 177 Å². The molecule has 162 valence electrons. The maximum Gasteiger partial charge on any atom is 0.417 e. The Hall–Kier alpha value is -3.03. The molecule has 5 nitrogen and oxygen atoms in total. The van der Waals surface area contributed by atoms with E-state index < -0.39 is 11.7 Å². The van der Waals surface area contributed by atoms with Crippen LogP contribution in [0, 0.1) is 6.92 Å². The van der Waals surface area contributed by atoms with Crippen LogP contribution >= 0.6 is 0 Å². The Bertz CT molecular complexity index is 1130. The highest BCUT2D eigenvalue weighted by atomic mass is 19.4. The Kier molecular flexibility index (Phi) is 4.68. The second kappa shape index (κ2) is 7.28. The number of furan rings is 1. The van der Waals surface area contributed by atoms with Crippen molar-refractivity contribution >= 4 is 5.91 Å². The largest absolute Gasteiger partial charge is 0.451 e. The van der Waals surface area contributed by atoms with Gasteiger partial charge in [-0.1, -0.05) is 18.2 Å². The first kappa shape index (κ1) is 19.9. The molecule has 2 aliphatic carbocycles. The second-order valence-electron chi connectivity index (χ2n) is 8.31. The van der Waals surface area contributed by atoms with Gasteiger partial charge in [-0.3, -0.25) is 9.89 Å². The van der Waals surface area contributed by atoms with Crippen LogP contribution in [0.4, 0.5) is 13.2 Å². The number of hydrogen-bond donors (Lipinski definition) is 1. The van der Waals surface area contributed by atoms with Crippen LogP contribution < -0.4 is 0 Å². The molecule has 1 saturated carbocycles. The van der Waals surface area contributed by atoms with Crippen molar-refractivity contribution in [3.05, 3.63) is 64.7 Å². The molecule has 1 atom stereocenters. The van der Waals surface area contributed by atoms with Crippen LogP contribution in [0.3, 0.4) is 0 Å². The molecule has 31 heavy (non-hydrogen) atoms. The fourth-order valence-electron chi connectivity index (χ4n) is 4.52. The number of alkyl halides is 3. The number of aromatic nitrogens is 2. The van der Waals surface area contributed by atoms with Crippen molar-refractivity contribution in [2.24, 2.45) is 0 Å². The normalized spacial score (nSPS) is 18.6. The van der Waals surface area contributed by atoms with Crippen LogP contribution in [0.25, 0.3) is 11.3 Å². The van der Waals surface area contributed by atoms with E-state index in [1.807, 2.05) is 11.8 Å². The fourth-order valence-corrected chi connectivity index (χ4v) is 4.52. The summed E-state index contributed by atoms with van der Waals surface area (Å²) >= 11 is 0. The van der Waals surface area contributed by atoms with E-state index >= 15 is 0 Å². The number of nitrogens with one attached hydrogen (secondary N) is 1. The van der Waals surface area contributed by atoms with Gasteiger partial charge in [0.15, 0.2) is 5.76 Å². The predicted molar refractivity (Wildman–Crippen MR) is 107 cm³/mol. The number of carbonyl (C=O) groups excluding carboxylic acids is 1. The summed E-state index contributed by atoms with van der Waals surface area (Å²) < 4.78 is 45.8. The highest BCUT2D eigenvalue weighted by molar-refractivity contribution is 5.93. The number of hydrogen-bond acceptors (Lipinski definition) is 3. The Balaban J connectivity index is 1.43. The Morgan fingerprint density at radius 2 is 1.90 bits per heavy atom. The molecule has 2 aliphatic rings. The molecule has 1 unspecified atom stereocenters. The molecule has 2 aromatic heterocycles. The number of amides is 1. The van der Waals surface area contributed by atoms with Gasteiger partial charge in [-0.15, -0.1) is 0 Å². The number of aryl methyl sites for hydroxylation is 2. The number of rotatable bonds is 4. The lowest BCUT2D eigenvalue weighted by Crippen LogP contribution is -2.44. The molecule has 3 aromatic rings. The zero-order valence-electron chi connectivity index (χ0n) is 17.0. The summed E-state index contributed by atoms with van der Waals surface area (Å²) in [6.07, 6.45) is -0.269. The molecule has 0 radical (unpaired) electrons. The number of H-pyrrole nitrogens is 1. The lowest BCUT2D eigenvalue weighted by atomic mass is 9.90. The number of nitrogens with zero attached hydrogens (tertiary/aromatic N) is 2. The first-order valence-electron chi connectivity index (χ1n) is 10.4. The van der Waals surface area contributed by atoms with E-state index in [0.717, 1.165) is 55.1 Å². The lowest BCUT2D eigenvalue weighted by molar-refractivity contribution is -0.137. The minimum Gasteiger partial charge on any atom is -0.451 e. The van der Waals surface area contributed by atoms with Crippen molar-refractivity contribution in [3.63, 3.8) is 0 Å². The third-order valence-corrected chi connectivity index (χ3v) is 6.21. The number of carbonyl (C=O) groups is 1. The minimum atomic E-state index is -4.50. The van der Waals surface area contributed by atoms with E-state index in [0.29, 0.717) is 0 Å². The minimum absolute atomic E-state index is 0.0276. The van der Waals surface area contributed by atoms with Crippen LogP contribution in [0.15, 0.2) is 40.8 Å². The van der Waals surface area contributed by atoms with Crippen LogP contribution in [0.1, 0.15) is 52.3 Å². The summed E-state index contributed by atoms with van der Waals surface area (Å²) in [5.41, 5.74) is 2.39. The molecule has 8 heteroatoms. The molecule has 0 aliphatic heterocycles. The van der Waals surface area contributed by atoms with E-state index in [1.54, 1.807) is 0 Å². The van der Waals surface area contributed by atoms with Gasteiger partial charge in [0, 0.05) is 23.3 Å². The third-order valence-electron chi connectivity index (χ3n) is 6.21. The monoisotopic (exact) mass is 429 g/mol. The van der Waals surface area contributed by atoms with Crippen LogP contribution in [0.5, 0.6) is 0 Å². The molecule has 1 fully saturated rings. The Morgan fingerprint density at radius 3 is 2.65 bits per heavy atom. The van der Waals surface area contributed by atoms with E-state index in [-0.39, 0.29) is 35.1 Å². The maximum absolute atomic E-state index is 13.4. The number of halogens is 3. The lowest BCUT2D eigenvalue weighted by Gasteiger charge is -2.34. The van der Waals surface area contributed by atoms with Crippen molar-refractivity contribution in [2.45, 2.75) is 57.3 Å². The van der Waals surface area contributed by atoms with Crippen molar-refractivity contribution < 1.29 is 22.4 Å². The molecule has 2 heterocycles. The molecule has 1 aromatic carbocycles. The van der Waals surface area contributed by atoms with Gasteiger partial charge in [0.2, 0.25) is 0 Å². The van der Waals surface area contributed by atoms with Crippen molar-refractivity contribution in [2.75, 3.05) is 0 Å². The first-order chi connectivity index (χ1) is 14.8. The summed E-state index contributed by atoms with van der Waals surface area (Å²) in [7, 11) is 0. The van der Waals surface area contributed by atoms with Gasteiger partial charge in [-0.05, 0) is 62.8 Å². The van der Waals surface area contributed by atoms with E-state index in [9.17, 15) is 18.0 Å². The van der Waals surface area contributed by atoms with Crippen LogP contribution in [-0.2, 0) is 19.0 Å². The molecule has 0 spiro atoms. The SMILES string of the molecule is Cc1n[nH]c2c1CC(N(C(=O)c1ccc(-c3ccccc3C(F)(F)F)o1)C1CC1)CC2. The summed E-state index contributed by atoms with van der Waals surface area (Å²) in [4.78, 5) is 15.3. The standard InChI is InChI=1S/C23H22F3N3O2/c1-13-17-12-15(8-9-19(17)28-27-13)29(14-6-7-14)22(30)21-11-10-20(31-21)16-4-2-3-5-18(16)23(24,25)26/h2-5,10-11,14-15H,6-9,12H2,1H3,(H,27,28). The van der Waals surface area contributed by atoms with Crippen LogP contribution in [0.2, 0.25) is 0 Å². The van der Waals surface area contributed by atoms with Gasteiger partial charge in [0.05, 0.1) is 11.3 Å². The zero-order chi connectivity index (χ0) is 21.8. The van der Waals surface area contributed by atoms with Gasteiger partial charge >= 0.3 is 6.18 Å². The molecule has 1 amide bonds. The molecule has 0 saturated heterocycles. The topological polar surface area (TPSA) is 62.1 Å². The summed E-state index contributed by atoms with van der Waals surface area (Å²) in [5.74, 6) is -0.134. The molecule has 0 bridgehead atoms. The first-order valence-corrected chi connectivity index (χ1v) is 10.4. The fraction of sp³-hybridized carbons (Fsp3) is 0.391. The highest BCUT2D eigenvalue weighted by Crippen LogP contribution is 2.39. The van der Waals surface area contributed by atoms with Crippen molar-refractivity contribution in [1.82, 2.24) is 15.1 Å². The van der Waals surface area contributed by atoms with Gasteiger partial charge in [0.1, 0.15) is 5.76 Å². The van der Waals surface area contributed by atoms with Gasteiger partial charge in [-0.25, -0.2) is 0 Å². The van der Waals surface area contributed by atoms with Gasteiger partial charge in [-0.2, -0.15) is 18.3 Å². The summed E-state index contributed by atoms with van der Waals surface area (Å²) in [5, 5.41) is 7.35. The van der Waals surface area contributed by atoms with Crippen molar-refractivity contribution in [3.8, 4) is 11.3 Å². The predicted octanol–water partition coefficient (Wildman–Crippen LogP) is 5.16. The Morgan fingerprint density at radius 1 is 1.13 bits per heavy atom. The molecule has 5 rings (SSSR count). The highest BCUT2D eigenvalue weighted by Gasteiger charge is 2.41. The van der Waals surface area contributed by atoms with E-state index in [1.165, 1.54) is 30.3 Å². The molecular formula is C23H22F3N3O2. The second-order valence-corrected chi connectivity index (χ2v) is 8.31. The van der Waals surface area contributed by atoms with E-state index in [4.69, 9.17) is 4.42 Å². The van der Waals surface area contributed by atoms with Gasteiger partial charge in [0.25, 0.3) is 5.91 Å². The average molecular weight is 429 g/mol. The van der Waals surface area contributed by atoms with Gasteiger partial charge < -0.3 is 9.32 Å². The molecular weight excluding hydrogens is 407 g/mol. The summed E-state index contributed by atoms with van der Waals surface area (Å²) in [6.45, 7) is 1.96. The smallest absolute Gasteiger partial charge is 0.417 e. The third kappa shape index (κ3) is 3.64. The maximum atomic E-state index is 13.4. The average Bonchev–Trinajstić information content (AvgIpc) is 3.32. The quantitative estimate of drug-likeness (QED) is 0.623. The number of benzene rings is 1. The summed E-state index contributed by atoms with van der Waals surface area (Å²) in [6, 6.07) is 8.35.